The quantitative estimate of drug-likeness (QED) is 0.721. The highest BCUT2D eigenvalue weighted by Crippen LogP contribution is 2.23. The Morgan fingerprint density at radius 2 is 1.78 bits per heavy atom. The number of hydrogen-bond donors (Lipinski definition) is 1. The minimum atomic E-state index is -0.337. The van der Waals surface area contributed by atoms with Crippen LogP contribution in [0.4, 0.5) is 4.79 Å². The van der Waals surface area contributed by atoms with E-state index in [1.807, 2.05) is 36.5 Å². The number of benzene rings is 1. The predicted molar refractivity (Wildman–Crippen MR) is 112 cm³/mol. The van der Waals surface area contributed by atoms with Crippen molar-refractivity contribution in [1.82, 2.24) is 10.3 Å². The number of pyridine rings is 1. The molecule has 1 aliphatic heterocycles. The van der Waals surface area contributed by atoms with Crippen LogP contribution >= 0.6 is 36.6 Å². The van der Waals surface area contributed by atoms with Gasteiger partial charge in [-0.05, 0) is 42.2 Å². The first-order valence-electron chi connectivity index (χ1n) is 8.31. The van der Waals surface area contributed by atoms with E-state index in [4.69, 9.17) is 4.74 Å². The third-order valence-electron chi connectivity index (χ3n) is 4.03. The Balaban J connectivity index is 0.00000182. The summed E-state index contributed by atoms with van der Waals surface area (Å²) in [5.41, 5.74) is 3.25. The topological polar surface area (TPSA) is 68.3 Å². The van der Waals surface area contributed by atoms with Crippen molar-refractivity contribution in [3.05, 3.63) is 59.4 Å². The Morgan fingerprint density at radius 1 is 1.07 bits per heavy atom. The molecule has 27 heavy (non-hydrogen) atoms. The molecule has 5 nitrogen and oxygen atoms in total. The number of nitrogens with one attached hydrogen (secondary N) is 1. The molecule has 1 aromatic heterocycles. The molecule has 0 spiro atoms. The van der Waals surface area contributed by atoms with Crippen LogP contribution in [0, 0.1) is 0 Å². The number of carbonyl (C=O) groups is 2. The lowest BCUT2D eigenvalue weighted by Crippen LogP contribution is -2.25. The summed E-state index contributed by atoms with van der Waals surface area (Å²) in [6.45, 7) is 2.67. The Bertz CT molecular complexity index is 755. The van der Waals surface area contributed by atoms with E-state index in [1.54, 1.807) is 0 Å². The molecule has 2 amide bonds. The van der Waals surface area contributed by atoms with Crippen LogP contribution in [0.1, 0.15) is 23.7 Å². The van der Waals surface area contributed by atoms with Crippen molar-refractivity contribution in [3.8, 4) is 5.75 Å². The Hall–Kier alpha value is -1.76. The minimum absolute atomic E-state index is 0. The molecule has 0 aliphatic carbocycles. The molecule has 1 aliphatic rings. The molecule has 0 bridgehead atoms. The monoisotopic (exact) mass is 428 g/mol. The van der Waals surface area contributed by atoms with E-state index in [2.05, 4.69) is 23.3 Å². The fourth-order valence-corrected chi connectivity index (χ4v) is 3.41. The summed E-state index contributed by atoms with van der Waals surface area (Å²) in [7, 11) is 0. The van der Waals surface area contributed by atoms with Gasteiger partial charge in [0.15, 0.2) is 0 Å². The molecule has 8 heteroatoms. The average molecular weight is 429 g/mol. The molecule has 1 saturated heterocycles. The number of imide groups is 1. The molecule has 1 atom stereocenters. The fourth-order valence-electron chi connectivity index (χ4n) is 2.55. The van der Waals surface area contributed by atoms with Crippen LogP contribution in [0.15, 0.2) is 42.6 Å². The van der Waals surface area contributed by atoms with Crippen LogP contribution in [0.3, 0.4) is 0 Å². The van der Waals surface area contributed by atoms with Crippen LogP contribution in [0.5, 0.6) is 5.75 Å². The van der Waals surface area contributed by atoms with E-state index in [0.717, 1.165) is 41.6 Å². The number of aryl methyl sites for hydroxylation is 1. The zero-order valence-corrected chi connectivity index (χ0v) is 17.3. The summed E-state index contributed by atoms with van der Waals surface area (Å²) in [6, 6.07) is 11.8. The zero-order chi connectivity index (χ0) is 17.6. The van der Waals surface area contributed by atoms with Crippen molar-refractivity contribution >= 4 is 47.7 Å². The lowest BCUT2D eigenvalue weighted by Gasteiger charge is -2.09. The zero-order valence-electron chi connectivity index (χ0n) is 14.8. The first-order valence-corrected chi connectivity index (χ1v) is 9.19. The smallest absolute Gasteiger partial charge is 0.286 e. The molecule has 0 radical (unpaired) electrons. The number of hydrogen-bond acceptors (Lipinski definition) is 5. The molecular formula is C19H22Cl2N2O3S. The predicted octanol–water partition coefficient (Wildman–Crippen LogP) is 4.00. The van der Waals surface area contributed by atoms with Crippen LogP contribution in [-0.2, 0) is 24.1 Å². The Labute approximate surface area is 175 Å². The molecule has 1 fully saturated rings. The van der Waals surface area contributed by atoms with Gasteiger partial charge in [-0.25, -0.2) is 0 Å². The van der Waals surface area contributed by atoms with E-state index < -0.39 is 0 Å². The molecule has 0 saturated carbocycles. The molecule has 1 unspecified atom stereocenters. The van der Waals surface area contributed by atoms with Gasteiger partial charge in [-0.2, -0.15) is 0 Å². The van der Waals surface area contributed by atoms with Crippen molar-refractivity contribution in [1.29, 1.82) is 0 Å². The van der Waals surface area contributed by atoms with Gasteiger partial charge in [-0.1, -0.05) is 36.9 Å². The Morgan fingerprint density at radius 3 is 2.33 bits per heavy atom. The van der Waals surface area contributed by atoms with Gasteiger partial charge in [-0.15, -0.1) is 24.8 Å². The third-order valence-corrected chi connectivity index (χ3v) is 5.01. The molecule has 2 heterocycles. The van der Waals surface area contributed by atoms with Crippen LogP contribution in [0.25, 0.3) is 0 Å². The summed E-state index contributed by atoms with van der Waals surface area (Å²) in [5.74, 6) is 0.574. The lowest BCUT2D eigenvalue weighted by molar-refractivity contribution is -0.118. The first-order chi connectivity index (χ1) is 12.1. The van der Waals surface area contributed by atoms with Gasteiger partial charge >= 0.3 is 0 Å². The molecule has 146 valence electrons. The van der Waals surface area contributed by atoms with Crippen molar-refractivity contribution in [2.24, 2.45) is 0 Å². The normalized spacial score (nSPS) is 15.5. The van der Waals surface area contributed by atoms with Crippen molar-refractivity contribution in [2.75, 3.05) is 6.61 Å². The molecule has 1 N–H and O–H groups in total. The minimum Gasteiger partial charge on any atom is -0.493 e. The van der Waals surface area contributed by atoms with Crippen molar-refractivity contribution in [3.63, 3.8) is 0 Å². The number of amides is 2. The van der Waals surface area contributed by atoms with Crippen molar-refractivity contribution in [2.45, 2.75) is 31.4 Å². The van der Waals surface area contributed by atoms with Gasteiger partial charge in [0, 0.05) is 18.3 Å². The number of aromatic nitrogens is 1. The summed E-state index contributed by atoms with van der Waals surface area (Å²) < 4.78 is 5.75. The number of carbonyl (C=O) groups excluding carboxylic acids is 2. The summed E-state index contributed by atoms with van der Waals surface area (Å²) in [4.78, 5) is 27.2. The molecular weight excluding hydrogens is 407 g/mol. The van der Waals surface area contributed by atoms with Crippen LogP contribution < -0.4 is 10.1 Å². The van der Waals surface area contributed by atoms with Gasteiger partial charge in [0.05, 0.1) is 11.9 Å². The summed E-state index contributed by atoms with van der Waals surface area (Å²) >= 11 is 1.05. The summed E-state index contributed by atoms with van der Waals surface area (Å²) in [6.07, 6.45) is 4.19. The standard InChI is InChI=1S/C19H20N2O3S.2ClH/c1-2-13-3-6-15(20-12-13)9-10-24-16-7-4-14(5-8-16)11-17-18(22)21-19(23)25-17;;/h3-8,12,17H,2,9-11H2,1H3,(H,21,22,23);2*1H. The van der Waals surface area contributed by atoms with Gasteiger partial charge < -0.3 is 4.74 Å². The number of rotatable bonds is 7. The lowest BCUT2D eigenvalue weighted by atomic mass is 10.1. The highest BCUT2D eigenvalue weighted by Gasteiger charge is 2.31. The molecule has 1 aromatic carbocycles. The SMILES string of the molecule is CCc1ccc(CCOc2ccc(CC3SC(=O)NC3=O)cc2)nc1.Cl.Cl. The highest BCUT2D eigenvalue weighted by atomic mass is 35.5. The Kier molecular flexibility index (Phi) is 9.63. The summed E-state index contributed by atoms with van der Waals surface area (Å²) in [5, 5.41) is 1.70. The maximum absolute atomic E-state index is 11.6. The van der Waals surface area contributed by atoms with Gasteiger partial charge in [0.25, 0.3) is 5.24 Å². The number of ether oxygens (including phenoxy) is 1. The maximum atomic E-state index is 11.6. The second kappa shape index (κ2) is 11.2. The second-order valence-corrected chi connectivity index (χ2v) is 7.02. The number of halogens is 2. The van der Waals surface area contributed by atoms with E-state index >= 15 is 0 Å². The maximum Gasteiger partial charge on any atom is 0.286 e. The second-order valence-electron chi connectivity index (χ2n) is 5.84. The number of nitrogens with zero attached hydrogens (tertiary/aromatic N) is 1. The van der Waals surface area contributed by atoms with E-state index in [1.165, 1.54) is 5.56 Å². The van der Waals surface area contributed by atoms with Gasteiger partial charge in [-0.3, -0.25) is 19.9 Å². The third kappa shape index (κ3) is 6.72. The van der Waals surface area contributed by atoms with E-state index in [0.29, 0.717) is 13.0 Å². The van der Waals surface area contributed by atoms with E-state index in [9.17, 15) is 9.59 Å². The van der Waals surface area contributed by atoms with Crippen LogP contribution in [0.2, 0.25) is 0 Å². The first kappa shape index (κ1) is 23.3. The van der Waals surface area contributed by atoms with Crippen LogP contribution in [-0.4, -0.2) is 28.0 Å². The van der Waals surface area contributed by atoms with Crippen molar-refractivity contribution < 1.29 is 14.3 Å². The fraction of sp³-hybridized carbons (Fsp3) is 0.316. The molecule has 3 rings (SSSR count). The van der Waals surface area contributed by atoms with Gasteiger partial charge in [0.2, 0.25) is 5.91 Å². The van der Waals surface area contributed by atoms with E-state index in [-0.39, 0.29) is 41.2 Å². The average Bonchev–Trinajstić information content (AvgIpc) is 2.94. The number of thioether (sulfide) groups is 1. The van der Waals surface area contributed by atoms with Gasteiger partial charge in [0.1, 0.15) is 5.75 Å². The highest BCUT2D eigenvalue weighted by molar-refractivity contribution is 8.15. The largest absolute Gasteiger partial charge is 0.493 e. The molecule has 2 aromatic rings.